The highest BCUT2D eigenvalue weighted by atomic mass is 16.3. The minimum Gasteiger partial charge on any atom is -0.391 e. The number of nitrogens with one attached hydrogen (secondary N) is 2. The lowest BCUT2D eigenvalue weighted by Crippen LogP contribution is -2.39. The fraction of sp³-hybridized carbons (Fsp3) is 0.533. The molecule has 1 saturated carbocycles. The van der Waals surface area contributed by atoms with Crippen LogP contribution in [0, 0.1) is 5.92 Å². The molecule has 0 aromatic heterocycles. The zero-order valence-electron chi connectivity index (χ0n) is 11.1. The Morgan fingerprint density at radius 1 is 1.32 bits per heavy atom. The number of rotatable bonds is 8. The number of carbonyl (C=O) groups excluding carboxylic acids is 1. The molecule has 104 valence electrons. The molecule has 0 radical (unpaired) electrons. The molecule has 1 fully saturated rings. The Kier molecular flexibility index (Phi) is 5.36. The SMILES string of the molecule is O=C(CNCC1CC1)NCC(O)Cc1ccccc1. The van der Waals surface area contributed by atoms with Crippen molar-refractivity contribution in [1.29, 1.82) is 0 Å². The summed E-state index contributed by atoms with van der Waals surface area (Å²) < 4.78 is 0. The van der Waals surface area contributed by atoms with E-state index in [2.05, 4.69) is 10.6 Å². The fourth-order valence-electron chi connectivity index (χ4n) is 1.96. The third kappa shape index (κ3) is 5.85. The molecule has 1 aliphatic rings. The first-order chi connectivity index (χ1) is 9.24. The second kappa shape index (κ2) is 7.26. The van der Waals surface area contributed by atoms with E-state index in [1.54, 1.807) is 0 Å². The maximum Gasteiger partial charge on any atom is 0.234 e. The number of hydrogen-bond donors (Lipinski definition) is 3. The van der Waals surface area contributed by atoms with Gasteiger partial charge in [-0.05, 0) is 30.9 Å². The Balaban J connectivity index is 1.57. The lowest BCUT2D eigenvalue weighted by Gasteiger charge is -2.12. The van der Waals surface area contributed by atoms with Crippen molar-refractivity contribution in [3.05, 3.63) is 35.9 Å². The van der Waals surface area contributed by atoms with Crippen molar-refractivity contribution in [2.75, 3.05) is 19.6 Å². The van der Waals surface area contributed by atoms with Crippen LogP contribution in [0.15, 0.2) is 30.3 Å². The first-order valence-electron chi connectivity index (χ1n) is 6.93. The first kappa shape index (κ1) is 14.0. The molecule has 0 spiro atoms. The van der Waals surface area contributed by atoms with E-state index in [0.717, 1.165) is 18.0 Å². The third-order valence-electron chi connectivity index (χ3n) is 3.26. The first-order valence-corrected chi connectivity index (χ1v) is 6.93. The lowest BCUT2D eigenvalue weighted by molar-refractivity contribution is -0.120. The predicted molar refractivity (Wildman–Crippen MR) is 74.8 cm³/mol. The molecule has 4 nitrogen and oxygen atoms in total. The smallest absolute Gasteiger partial charge is 0.234 e. The molecule has 1 unspecified atom stereocenters. The van der Waals surface area contributed by atoms with Gasteiger partial charge < -0.3 is 15.7 Å². The number of benzene rings is 1. The maximum absolute atomic E-state index is 11.5. The maximum atomic E-state index is 11.5. The predicted octanol–water partition coefficient (Wildman–Crippen LogP) is 0.706. The number of aliphatic hydroxyl groups is 1. The summed E-state index contributed by atoms with van der Waals surface area (Å²) in [5.41, 5.74) is 1.08. The van der Waals surface area contributed by atoms with E-state index in [1.165, 1.54) is 12.8 Å². The summed E-state index contributed by atoms with van der Waals surface area (Å²) in [5.74, 6) is 0.726. The van der Waals surface area contributed by atoms with Gasteiger partial charge in [-0.25, -0.2) is 0 Å². The van der Waals surface area contributed by atoms with E-state index in [1.807, 2.05) is 30.3 Å². The number of amides is 1. The van der Waals surface area contributed by atoms with E-state index in [4.69, 9.17) is 0 Å². The highest BCUT2D eigenvalue weighted by Gasteiger charge is 2.20. The average molecular weight is 262 g/mol. The molecule has 1 atom stereocenters. The molecule has 3 N–H and O–H groups in total. The van der Waals surface area contributed by atoms with Crippen molar-refractivity contribution in [1.82, 2.24) is 10.6 Å². The van der Waals surface area contributed by atoms with E-state index < -0.39 is 6.10 Å². The largest absolute Gasteiger partial charge is 0.391 e. The van der Waals surface area contributed by atoms with Crippen molar-refractivity contribution in [3.63, 3.8) is 0 Å². The van der Waals surface area contributed by atoms with Gasteiger partial charge in [0.1, 0.15) is 0 Å². The summed E-state index contributed by atoms with van der Waals surface area (Å²) in [6.07, 6.45) is 2.60. The van der Waals surface area contributed by atoms with Crippen LogP contribution >= 0.6 is 0 Å². The number of aliphatic hydroxyl groups excluding tert-OH is 1. The van der Waals surface area contributed by atoms with Crippen LogP contribution in [0.25, 0.3) is 0 Å². The molecular formula is C15H22N2O2. The van der Waals surface area contributed by atoms with Crippen molar-refractivity contribution in [3.8, 4) is 0 Å². The van der Waals surface area contributed by atoms with Gasteiger partial charge in [0.05, 0.1) is 12.6 Å². The van der Waals surface area contributed by atoms with Gasteiger partial charge in [-0.1, -0.05) is 30.3 Å². The van der Waals surface area contributed by atoms with Crippen molar-refractivity contribution < 1.29 is 9.90 Å². The van der Waals surface area contributed by atoms with Crippen LogP contribution in [0.3, 0.4) is 0 Å². The van der Waals surface area contributed by atoms with Gasteiger partial charge in [-0.2, -0.15) is 0 Å². The molecule has 1 amide bonds. The van der Waals surface area contributed by atoms with Gasteiger partial charge in [0.15, 0.2) is 0 Å². The van der Waals surface area contributed by atoms with Crippen LogP contribution in [0.4, 0.5) is 0 Å². The summed E-state index contributed by atoms with van der Waals surface area (Å²) >= 11 is 0. The highest BCUT2D eigenvalue weighted by molar-refractivity contribution is 5.77. The summed E-state index contributed by atoms with van der Waals surface area (Å²) in [7, 11) is 0. The van der Waals surface area contributed by atoms with Gasteiger partial charge in [0, 0.05) is 13.0 Å². The molecule has 1 aromatic carbocycles. The summed E-state index contributed by atoms with van der Waals surface area (Å²) in [6, 6.07) is 9.79. The van der Waals surface area contributed by atoms with Crippen molar-refractivity contribution in [2.24, 2.45) is 5.92 Å². The van der Waals surface area contributed by atoms with Gasteiger partial charge in [-0.15, -0.1) is 0 Å². The van der Waals surface area contributed by atoms with Gasteiger partial charge in [-0.3, -0.25) is 4.79 Å². The molecule has 19 heavy (non-hydrogen) atoms. The van der Waals surface area contributed by atoms with Crippen LogP contribution in [0.5, 0.6) is 0 Å². The van der Waals surface area contributed by atoms with Crippen LogP contribution in [-0.4, -0.2) is 36.8 Å². The molecule has 0 saturated heterocycles. The van der Waals surface area contributed by atoms with Crippen LogP contribution in [0.1, 0.15) is 18.4 Å². The van der Waals surface area contributed by atoms with Gasteiger partial charge in [0.2, 0.25) is 5.91 Å². The topological polar surface area (TPSA) is 61.4 Å². The summed E-state index contributed by atoms with van der Waals surface area (Å²) in [5, 5.41) is 15.7. The van der Waals surface area contributed by atoms with Crippen LogP contribution in [0.2, 0.25) is 0 Å². The second-order valence-electron chi connectivity index (χ2n) is 5.22. The minimum absolute atomic E-state index is 0.0484. The Bertz CT molecular complexity index is 390. The van der Waals surface area contributed by atoms with Crippen molar-refractivity contribution >= 4 is 5.91 Å². The molecule has 0 aliphatic heterocycles. The zero-order valence-corrected chi connectivity index (χ0v) is 11.1. The molecule has 2 rings (SSSR count). The third-order valence-corrected chi connectivity index (χ3v) is 3.26. The monoisotopic (exact) mass is 262 g/mol. The molecule has 1 aromatic rings. The zero-order chi connectivity index (χ0) is 13.5. The molecule has 1 aliphatic carbocycles. The normalized spacial score (nSPS) is 16.1. The number of carbonyl (C=O) groups is 1. The van der Waals surface area contributed by atoms with Crippen LogP contribution in [-0.2, 0) is 11.2 Å². The van der Waals surface area contributed by atoms with Crippen molar-refractivity contribution in [2.45, 2.75) is 25.4 Å². The second-order valence-corrected chi connectivity index (χ2v) is 5.22. The van der Waals surface area contributed by atoms with E-state index >= 15 is 0 Å². The van der Waals surface area contributed by atoms with Gasteiger partial charge >= 0.3 is 0 Å². The van der Waals surface area contributed by atoms with E-state index in [0.29, 0.717) is 19.5 Å². The summed E-state index contributed by atoms with van der Waals surface area (Å²) in [6.45, 7) is 1.58. The number of hydrogen-bond acceptors (Lipinski definition) is 3. The Hall–Kier alpha value is -1.39. The standard InChI is InChI=1S/C15H22N2O2/c18-14(8-12-4-2-1-3-5-12)10-17-15(19)11-16-9-13-6-7-13/h1-5,13-14,16,18H,6-11H2,(H,17,19). The average Bonchev–Trinajstić information content (AvgIpc) is 3.22. The summed E-state index contributed by atoms with van der Waals surface area (Å²) in [4.78, 5) is 11.5. The molecule has 0 bridgehead atoms. The molecule has 4 heteroatoms. The molecule has 0 heterocycles. The van der Waals surface area contributed by atoms with E-state index in [-0.39, 0.29) is 5.91 Å². The van der Waals surface area contributed by atoms with Crippen LogP contribution < -0.4 is 10.6 Å². The fourth-order valence-corrected chi connectivity index (χ4v) is 1.96. The Morgan fingerprint density at radius 2 is 2.05 bits per heavy atom. The Labute approximate surface area is 114 Å². The van der Waals surface area contributed by atoms with Gasteiger partial charge in [0.25, 0.3) is 0 Å². The minimum atomic E-state index is -0.533. The van der Waals surface area contributed by atoms with E-state index in [9.17, 15) is 9.90 Å². The lowest BCUT2D eigenvalue weighted by atomic mass is 10.1. The quantitative estimate of drug-likeness (QED) is 0.646. The highest BCUT2D eigenvalue weighted by Crippen LogP contribution is 2.27. The Morgan fingerprint density at radius 3 is 2.74 bits per heavy atom. The molecular weight excluding hydrogens is 240 g/mol.